The van der Waals surface area contributed by atoms with Crippen molar-refractivity contribution in [3.63, 3.8) is 0 Å². The molecule has 0 spiro atoms. The van der Waals surface area contributed by atoms with Crippen LogP contribution in [0.5, 0.6) is 5.75 Å². The van der Waals surface area contributed by atoms with Crippen LogP contribution < -0.4 is 4.74 Å². The molecule has 0 aliphatic heterocycles. The molecule has 0 atom stereocenters. The zero-order valence-corrected chi connectivity index (χ0v) is 11.0. The minimum absolute atomic E-state index is 0.826. The van der Waals surface area contributed by atoms with Gasteiger partial charge in [0.1, 0.15) is 12.1 Å². The second-order valence-corrected chi connectivity index (χ2v) is 4.87. The lowest BCUT2D eigenvalue weighted by Crippen LogP contribution is -1.87. The highest BCUT2D eigenvalue weighted by atomic mass is 79.9. The maximum atomic E-state index is 5.17. The third-order valence-electron chi connectivity index (χ3n) is 1.98. The first-order valence-corrected chi connectivity index (χ1v) is 6.38. The van der Waals surface area contributed by atoms with Crippen LogP contribution in [-0.4, -0.2) is 22.3 Å². The maximum absolute atomic E-state index is 5.17. The van der Waals surface area contributed by atoms with Crippen molar-refractivity contribution in [2.24, 2.45) is 0 Å². The summed E-state index contributed by atoms with van der Waals surface area (Å²) in [7, 11) is 1.66. The zero-order chi connectivity index (χ0) is 11.4. The highest BCUT2D eigenvalue weighted by Crippen LogP contribution is 2.28. The Morgan fingerprint density at radius 3 is 3.00 bits per heavy atom. The zero-order valence-electron chi connectivity index (χ0n) is 8.61. The molecule has 16 heavy (non-hydrogen) atoms. The van der Waals surface area contributed by atoms with Gasteiger partial charge in [0.05, 0.1) is 11.6 Å². The Morgan fingerprint density at radius 2 is 2.38 bits per heavy atom. The van der Waals surface area contributed by atoms with Gasteiger partial charge in [-0.2, -0.15) is 5.10 Å². The average molecular weight is 300 g/mol. The fraction of sp³-hybridized carbons (Fsp3) is 0.200. The van der Waals surface area contributed by atoms with Gasteiger partial charge in [-0.15, -0.1) is 0 Å². The number of methoxy groups -OCH3 is 1. The molecule has 0 radical (unpaired) electrons. The van der Waals surface area contributed by atoms with Crippen LogP contribution in [0.1, 0.15) is 5.56 Å². The van der Waals surface area contributed by atoms with Crippen molar-refractivity contribution in [1.29, 1.82) is 0 Å². The Morgan fingerprint density at radius 1 is 1.50 bits per heavy atom. The summed E-state index contributed by atoms with van der Waals surface area (Å²) in [4.78, 5) is 4.05. The van der Waals surface area contributed by atoms with Crippen molar-refractivity contribution >= 4 is 27.7 Å². The topological polar surface area (TPSA) is 50.8 Å². The van der Waals surface area contributed by atoms with Crippen LogP contribution in [0.25, 0.3) is 0 Å². The van der Waals surface area contributed by atoms with E-state index in [9.17, 15) is 0 Å². The molecule has 0 saturated carbocycles. The minimum Gasteiger partial charge on any atom is -0.496 e. The second kappa shape index (κ2) is 5.36. The number of benzene rings is 1. The summed E-state index contributed by atoms with van der Waals surface area (Å²) in [5, 5.41) is 7.43. The van der Waals surface area contributed by atoms with E-state index in [0.29, 0.717) is 0 Å². The first-order valence-electron chi connectivity index (χ1n) is 4.60. The number of nitrogens with one attached hydrogen (secondary N) is 1. The SMILES string of the molecule is COc1ccc(CSc2ncn[nH]2)cc1Br. The molecule has 1 aromatic heterocycles. The van der Waals surface area contributed by atoms with Crippen LogP contribution in [0, 0.1) is 0 Å². The molecular weight excluding hydrogens is 290 g/mol. The second-order valence-electron chi connectivity index (χ2n) is 3.05. The number of rotatable bonds is 4. The van der Waals surface area contributed by atoms with E-state index in [1.807, 2.05) is 18.2 Å². The summed E-state index contributed by atoms with van der Waals surface area (Å²) < 4.78 is 6.13. The standard InChI is InChI=1S/C10H10BrN3OS/c1-15-9-3-2-7(4-8(9)11)5-16-10-12-6-13-14-10/h2-4,6H,5H2,1H3,(H,12,13,14). The highest BCUT2D eigenvalue weighted by molar-refractivity contribution is 9.10. The van der Waals surface area contributed by atoms with Crippen molar-refractivity contribution in [3.05, 3.63) is 34.6 Å². The van der Waals surface area contributed by atoms with Gasteiger partial charge in [0, 0.05) is 5.75 Å². The van der Waals surface area contributed by atoms with Crippen molar-refractivity contribution in [3.8, 4) is 5.75 Å². The summed E-state index contributed by atoms with van der Waals surface area (Å²) in [6.45, 7) is 0. The number of hydrogen-bond acceptors (Lipinski definition) is 4. The van der Waals surface area contributed by atoms with Crippen LogP contribution >= 0.6 is 27.7 Å². The van der Waals surface area contributed by atoms with Crippen molar-refractivity contribution in [1.82, 2.24) is 15.2 Å². The molecular formula is C10H10BrN3OS. The lowest BCUT2D eigenvalue weighted by Gasteiger charge is -2.05. The summed E-state index contributed by atoms with van der Waals surface area (Å²) >= 11 is 5.07. The molecule has 0 unspecified atom stereocenters. The number of H-pyrrole nitrogens is 1. The number of ether oxygens (including phenoxy) is 1. The van der Waals surface area contributed by atoms with Gasteiger partial charge in [-0.1, -0.05) is 17.8 Å². The van der Waals surface area contributed by atoms with Gasteiger partial charge in [-0.05, 0) is 33.6 Å². The van der Waals surface area contributed by atoms with E-state index in [4.69, 9.17) is 4.74 Å². The van der Waals surface area contributed by atoms with Gasteiger partial charge < -0.3 is 4.74 Å². The fourth-order valence-corrected chi connectivity index (χ4v) is 2.53. The Bertz CT molecular complexity index is 461. The molecule has 2 aromatic rings. The molecule has 0 fully saturated rings. The van der Waals surface area contributed by atoms with E-state index in [1.165, 1.54) is 11.9 Å². The lowest BCUT2D eigenvalue weighted by molar-refractivity contribution is 0.412. The summed E-state index contributed by atoms with van der Waals surface area (Å²) in [6, 6.07) is 6.02. The van der Waals surface area contributed by atoms with Gasteiger partial charge in [-0.3, -0.25) is 5.10 Å². The smallest absolute Gasteiger partial charge is 0.183 e. The molecule has 1 aromatic carbocycles. The predicted molar refractivity (Wildman–Crippen MR) is 66.6 cm³/mol. The first-order chi connectivity index (χ1) is 7.79. The third kappa shape index (κ3) is 2.76. The van der Waals surface area contributed by atoms with E-state index in [2.05, 4.69) is 31.1 Å². The van der Waals surface area contributed by atoms with Crippen LogP contribution in [0.4, 0.5) is 0 Å². The minimum atomic E-state index is 0.826. The van der Waals surface area contributed by atoms with E-state index in [0.717, 1.165) is 21.1 Å². The number of thioether (sulfide) groups is 1. The number of hydrogen-bond donors (Lipinski definition) is 1. The normalized spacial score (nSPS) is 10.4. The number of halogens is 1. The summed E-state index contributed by atoms with van der Waals surface area (Å²) in [6.07, 6.45) is 1.51. The molecule has 1 heterocycles. The van der Waals surface area contributed by atoms with Crippen LogP contribution in [0.15, 0.2) is 34.2 Å². The van der Waals surface area contributed by atoms with Gasteiger partial charge >= 0.3 is 0 Å². The molecule has 0 bridgehead atoms. The third-order valence-corrected chi connectivity index (χ3v) is 3.55. The Hall–Kier alpha value is -1.01. The molecule has 2 rings (SSSR count). The number of nitrogens with zero attached hydrogens (tertiary/aromatic N) is 2. The summed E-state index contributed by atoms with van der Waals surface area (Å²) in [5.41, 5.74) is 1.20. The van der Waals surface area contributed by atoms with E-state index < -0.39 is 0 Å². The molecule has 4 nitrogen and oxygen atoms in total. The van der Waals surface area contributed by atoms with Crippen molar-refractivity contribution < 1.29 is 4.74 Å². The number of aromatic amines is 1. The van der Waals surface area contributed by atoms with Crippen LogP contribution in [0.2, 0.25) is 0 Å². The van der Waals surface area contributed by atoms with Crippen LogP contribution in [-0.2, 0) is 5.75 Å². The molecule has 0 aliphatic carbocycles. The summed E-state index contributed by atoms with van der Waals surface area (Å²) in [5.74, 6) is 1.69. The van der Waals surface area contributed by atoms with Gasteiger partial charge in [-0.25, -0.2) is 4.98 Å². The molecule has 0 aliphatic rings. The molecule has 0 saturated heterocycles. The Labute approximate surface area is 106 Å². The van der Waals surface area contributed by atoms with Crippen LogP contribution in [0.3, 0.4) is 0 Å². The van der Waals surface area contributed by atoms with Gasteiger partial charge in [0.2, 0.25) is 0 Å². The fourth-order valence-electron chi connectivity index (χ4n) is 1.22. The number of aromatic nitrogens is 3. The quantitative estimate of drug-likeness (QED) is 0.882. The van der Waals surface area contributed by atoms with E-state index >= 15 is 0 Å². The highest BCUT2D eigenvalue weighted by Gasteiger charge is 2.03. The monoisotopic (exact) mass is 299 g/mol. The largest absolute Gasteiger partial charge is 0.496 e. The predicted octanol–water partition coefficient (Wildman–Crippen LogP) is 2.87. The molecule has 1 N–H and O–H groups in total. The molecule has 0 amide bonds. The average Bonchev–Trinajstić information content (AvgIpc) is 2.79. The Balaban J connectivity index is 2.02. The lowest BCUT2D eigenvalue weighted by atomic mass is 10.2. The van der Waals surface area contributed by atoms with Crippen molar-refractivity contribution in [2.75, 3.05) is 7.11 Å². The Kier molecular flexibility index (Phi) is 3.84. The van der Waals surface area contributed by atoms with Gasteiger partial charge in [0.25, 0.3) is 0 Å². The molecule has 84 valence electrons. The molecule has 6 heteroatoms. The maximum Gasteiger partial charge on any atom is 0.183 e. The van der Waals surface area contributed by atoms with E-state index in [1.54, 1.807) is 18.9 Å². The van der Waals surface area contributed by atoms with Crippen molar-refractivity contribution in [2.45, 2.75) is 10.9 Å². The van der Waals surface area contributed by atoms with E-state index in [-0.39, 0.29) is 0 Å². The van der Waals surface area contributed by atoms with Gasteiger partial charge in [0.15, 0.2) is 5.16 Å². The first kappa shape index (κ1) is 11.5.